The lowest BCUT2D eigenvalue weighted by molar-refractivity contribution is 0.102. The Labute approximate surface area is 132 Å². The molecule has 0 saturated carbocycles. The van der Waals surface area contributed by atoms with Crippen molar-refractivity contribution in [2.75, 3.05) is 11.9 Å². The van der Waals surface area contributed by atoms with Gasteiger partial charge in [0.1, 0.15) is 0 Å². The fraction of sp³-hybridized carbons (Fsp3) is 0.111. The largest absolute Gasteiger partial charge is 0.489 e. The first kappa shape index (κ1) is 15.0. The molecule has 4 nitrogen and oxygen atoms in total. The van der Waals surface area contributed by atoms with Gasteiger partial charge in [-0.25, -0.2) is 4.98 Å². The molecule has 1 heterocycles. The van der Waals surface area contributed by atoms with Gasteiger partial charge in [0.15, 0.2) is 5.75 Å². The van der Waals surface area contributed by atoms with Gasteiger partial charge in [0, 0.05) is 16.6 Å². The summed E-state index contributed by atoms with van der Waals surface area (Å²) >= 11 is 0. The minimum Gasteiger partial charge on any atom is -0.489 e. The maximum atomic E-state index is 13.7. The van der Waals surface area contributed by atoms with E-state index in [4.69, 9.17) is 4.74 Å². The Morgan fingerprint density at radius 3 is 2.70 bits per heavy atom. The number of hydrogen-bond donors (Lipinski definition) is 1. The summed E-state index contributed by atoms with van der Waals surface area (Å²) in [5.74, 6) is -0.804. The fourth-order valence-electron chi connectivity index (χ4n) is 2.26. The van der Waals surface area contributed by atoms with Crippen molar-refractivity contribution in [3.05, 3.63) is 66.1 Å². The Morgan fingerprint density at radius 1 is 1.17 bits per heavy atom. The van der Waals surface area contributed by atoms with Crippen LogP contribution in [0, 0.1) is 5.95 Å². The van der Waals surface area contributed by atoms with Crippen LogP contribution in [0.5, 0.6) is 5.75 Å². The molecule has 0 radical (unpaired) electrons. The van der Waals surface area contributed by atoms with E-state index >= 15 is 0 Å². The Kier molecular flexibility index (Phi) is 4.19. The number of aromatic nitrogens is 1. The predicted molar refractivity (Wildman–Crippen MR) is 87.3 cm³/mol. The van der Waals surface area contributed by atoms with Gasteiger partial charge in [-0.3, -0.25) is 4.79 Å². The van der Waals surface area contributed by atoms with Gasteiger partial charge in [-0.15, -0.1) is 0 Å². The van der Waals surface area contributed by atoms with Gasteiger partial charge in [-0.1, -0.05) is 18.2 Å². The second kappa shape index (κ2) is 6.44. The van der Waals surface area contributed by atoms with Crippen molar-refractivity contribution in [1.82, 2.24) is 4.98 Å². The molecular weight excluding hydrogens is 295 g/mol. The van der Waals surface area contributed by atoms with E-state index in [9.17, 15) is 9.18 Å². The van der Waals surface area contributed by atoms with Crippen LogP contribution in [0.1, 0.15) is 17.3 Å². The summed E-state index contributed by atoms with van der Waals surface area (Å²) in [6, 6.07) is 15.6. The summed E-state index contributed by atoms with van der Waals surface area (Å²) < 4.78 is 18.9. The van der Waals surface area contributed by atoms with Gasteiger partial charge in [-0.05, 0) is 43.3 Å². The smallest absolute Gasteiger partial charge is 0.255 e. The molecule has 0 unspecified atom stereocenters. The van der Waals surface area contributed by atoms with Crippen LogP contribution in [0.2, 0.25) is 0 Å². The quantitative estimate of drug-likeness (QED) is 0.740. The topological polar surface area (TPSA) is 51.2 Å². The highest BCUT2D eigenvalue weighted by atomic mass is 19.1. The highest BCUT2D eigenvalue weighted by molar-refractivity contribution is 6.06. The Balaban J connectivity index is 1.92. The maximum absolute atomic E-state index is 13.7. The molecule has 0 aliphatic heterocycles. The number of para-hydroxylation sites is 1. The molecule has 5 heteroatoms. The maximum Gasteiger partial charge on any atom is 0.255 e. The summed E-state index contributed by atoms with van der Waals surface area (Å²) in [7, 11) is 0. The van der Waals surface area contributed by atoms with Crippen molar-refractivity contribution in [3.63, 3.8) is 0 Å². The minimum absolute atomic E-state index is 0.0839. The van der Waals surface area contributed by atoms with E-state index in [1.54, 1.807) is 31.2 Å². The van der Waals surface area contributed by atoms with Gasteiger partial charge in [-0.2, -0.15) is 4.39 Å². The molecule has 116 valence electrons. The van der Waals surface area contributed by atoms with E-state index in [-0.39, 0.29) is 11.7 Å². The van der Waals surface area contributed by atoms with Crippen molar-refractivity contribution in [2.24, 2.45) is 0 Å². The third-order valence-electron chi connectivity index (χ3n) is 3.33. The second-order valence-corrected chi connectivity index (χ2v) is 4.94. The number of carbonyl (C=O) groups is 1. The van der Waals surface area contributed by atoms with Crippen molar-refractivity contribution in [3.8, 4) is 5.75 Å². The van der Waals surface area contributed by atoms with Gasteiger partial charge in [0.05, 0.1) is 12.1 Å². The van der Waals surface area contributed by atoms with E-state index in [0.717, 1.165) is 0 Å². The minimum atomic E-state index is -0.652. The first-order valence-electron chi connectivity index (χ1n) is 7.27. The van der Waals surface area contributed by atoms with Crippen LogP contribution in [-0.4, -0.2) is 17.5 Å². The Bertz CT molecular complexity index is 850. The van der Waals surface area contributed by atoms with E-state index in [1.807, 2.05) is 30.3 Å². The monoisotopic (exact) mass is 310 g/mol. The van der Waals surface area contributed by atoms with Crippen LogP contribution < -0.4 is 10.1 Å². The molecule has 0 bridgehead atoms. The molecule has 3 rings (SSSR count). The number of fused-ring (bicyclic) bond motifs is 1. The molecular formula is C18H15FN2O2. The number of nitrogens with zero attached hydrogens (tertiary/aromatic N) is 1. The molecule has 0 atom stereocenters. The highest BCUT2D eigenvalue weighted by Gasteiger charge is 2.11. The zero-order chi connectivity index (χ0) is 16.2. The van der Waals surface area contributed by atoms with E-state index < -0.39 is 5.95 Å². The average Bonchev–Trinajstić information content (AvgIpc) is 2.56. The molecule has 0 fully saturated rings. The summed E-state index contributed by atoms with van der Waals surface area (Å²) in [6.07, 6.45) is 0. The lowest BCUT2D eigenvalue weighted by Gasteiger charge is -2.08. The summed E-state index contributed by atoms with van der Waals surface area (Å²) in [5.41, 5.74) is 1.66. The number of rotatable bonds is 4. The first-order chi connectivity index (χ1) is 11.2. The van der Waals surface area contributed by atoms with Crippen LogP contribution in [0.4, 0.5) is 10.1 Å². The Hall–Kier alpha value is -2.95. The van der Waals surface area contributed by atoms with E-state index in [2.05, 4.69) is 10.3 Å². The number of benzene rings is 2. The third-order valence-corrected chi connectivity index (χ3v) is 3.33. The molecule has 0 aliphatic carbocycles. The molecule has 1 aromatic heterocycles. The molecule has 1 amide bonds. The molecule has 0 aliphatic rings. The number of anilines is 1. The van der Waals surface area contributed by atoms with Crippen LogP contribution in [0.3, 0.4) is 0 Å². The number of amides is 1. The van der Waals surface area contributed by atoms with Gasteiger partial charge >= 0.3 is 0 Å². The number of pyridine rings is 1. The Morgan fingerprint density at radius 2 is 1.96 bits per heavy atom. The predicted octanol–water partition coefficient (Wildman–Crippen LogP) is 4.02. The van der Waals surface area contributed by atoms with Crippen molar-refractivity contribution < 1.29 is 13.9 Å². The van der Waals surface area contributed by atoms with Gasteiger partial charge in [0.25, 0.3) is 11.9 Å². The fourth-order valence-corrected chi connectivity index (χ4v) is 2.26. The lowest BCUT2D eigenvalue weighted by atomic mass is 10.1. The van der Waals surface area contributed by atoms with Crippen LogP contribution in [-0.2, 0) is 0 Å². The number of carbonyl (C=O) groups excluding carboxylic acids is 1. The molecule has 0 spiro atoms. The van der Waals surface area contributed by atoms with Crippen molar-refractivity contribution in [2.45, 2.75) is 6.92 Å². The second-order valence-electron chi connectivity index (χ2n) is 4.94. The molecule has 23 heavy (non-hydrogen) atoms. The number of nitrogens with one attached hydrogen (secondary N) is 1. The van der Waals surface area contributed by atoms with E-state index in [1.165, 1.54) is 0 Å². The van der Waals surface area contributed by atoms with Crippen LogP contribution in [0.15, 0.2) is 54.6 Å². The SMILES string of the molecule is CCOc1cc2cc(C(=O)Nc3ccccc3)ccc2nc1F. The van der Waals surface area contributed by atoms with Crippen molar-refractivity contribution in [1.29, 1.82) is 0 Å². The molecule has 1 N–H and O–H groups in total. The van der Waals surface area contributed by atoms with Gasteiger partial charge < -0.3 is 10.1 Å². The van der Waals surface area contributed by atoms with Crippen LogP contribution >= 0.6 is 0 Å². The summed E-state index contributed by atoms with van der Waals surface area (Å²) in [4.78, 5) is 16.2. The summed E-state index contributed by atoms with van der Waals surface area (Å²) in [5, 5.41) is 3.46. The van der Waals surface area contributed by atoms with Gasteiger partial charge in [0.2, 0.25) is 0 Å². The number of hydrogen-bond acceptors (Lipinski definition) is 3. The lowest BCUT2D eigenvalue weighted by Crippen LogP contribution is -2.11. The molecule has 3 aromatic rings. The zero-order valence-electron chi connectivity index (χ0n) is 12.5. The zero-order valence-corrected chi connectivity index (χ0v) is 12.5. The van der Waals surface area contributed by atoms with Crippen LogP contribution in [0.25, 0.3) is 10.9 Å². The highest BCUT2D eigenvalue weighted by Crippen LogP contribution is 2.23. The number of halogens is 1. The third kappa shape index (κ3) is 3.29. The first-order valence-corrected chi connectivity index (χ1v) is 7.27. The van der Waals surface area contributed by atoms with Crippen molar-refractivity contribution >= 4 is 22.5 Å². The average molecular weight is 310 g/mol. The molecule has 2 aromatic carbocycles. The number of ether oxygens (including phenoxy) is 1. The summed E-state index contributed by atoms with van der Waals surface area (Å²) in [6.45, 7) is 2.12. The molecule has 0 saturated heterocycles. The normalized spacial score (nSPS) is 10.5. The standard InChI is InChI=1S/C18H15FN2O2/c1-2-23-16-11-13-10-12(8-9-15(13)21-17(16)19)18(22)20-14-6-4-3-5-7-14/h3-11H,2H2,1H3,(H,20,22). The van der Waals surface area contributed by atoms with E-state index in [0.29, 0.717) is 28.8 Å².